The van der Waals surface area contributed by atoms with E-state index in [1.165, 1.54) is 6.07 Å². The fraction of sp³-hybridized carbons (Fsp3) is 0.391. The van der Waals surface area contributed by atoms with Gasteiger partial charge in [0.1, 0.15) is 5.82 Å². The van der Waals surface area contributed by atoms with Crippen LogP contribution in [0.15, 0.2) is 53.0 Å². The number of hydrogen-bond donors (Lipinski definition) is 0. The lowest BCUT2D eigenvalue weighted by Crippen LogP contribution is -2.38. The minimum Gasteiger partial charge on any atom is -0.301 e. The van der Waals surface area contributed by atoms with Crippen LogP contribution in [-0.2, 0) is 0 Å². The van der Waals surface area contributed by atoms with Crippen LogP contribution in [0.5, 0.6) is 0 Å². The molecule has 158 valence electrons. The molecule has 0 radical (unpaired) electrons. The smallest absolute Gasteiger partial charge is 0.264 e. The SMILES string of the molecule is CC(C)N1CCC(c2nc(-c3ccccc3C(F)F)nn2-c2ccc(Br)cc2)CC1. The molecule has 1 aliphatic rings. The van der Waals surface area contributed by atoms with Gasteiger partial charge in [0.2, 0.25) is 0 Å². The van der Waals surface area contributed by atoms with Gasteiger partial charge in [0.05, 0.1) is 5.69 Å². The molecule has 1 saturated heterocycles. The zero-order valence-electron chi connectivity index (χ0n) is 17.1. The number of alkyl halides is 2. The van der Waals surface area contributed by atoms with E-state index >= 15 is 0 Å². The predicted octanol–water partition coefficient (Wildman–Crippen LogP) is 6.22. The third kappa shape index (κ3) is 4.32. The first-order chi connectivity index (χ1) is 14.4. The Kier molecular flexibility index (Phi) is 6.29. The summed E-state index contributed by atoms with van der Waals surface area (Å²) in [6.07, 6.45) is -0.620. The van der Waals surface area contributed by atoms with E-state index in [0.29, 0.717) is 17.4 Å². The highest BCUT2D eigenvalue weighted by molar-refractivity contribution is 9.10. The topological polar surface area (TPSA) is 34.0 Å². The highest BCUT2D eigenvalue weighted by Crippen LogP contribution is 2.34. The van der Waals surface area contributed by atoms with Gasteiger partial charge < -0.3 is 4.90 Å². The van der Waals surface area contributed by atoms with Crippen LogP contribution in [0.1, 0.15) is 50.4 Å². The molecule has 4 rings (SSSR count). The Labute approximate surface area is 184 Å². The van der Waals surface area contributed by atoms with E-state index in [-0.39, 0.29) is 11.5 Å². The van der Waals surface area contributed by atoms with Gasteiger partial charge in [-0.15, -0.1) is 5.10 Å². The molecule has 0 unspecified atom stereocenters. The summed E-state index contributed by atoms with van der Waals surface area (Å²) in [5.74, 6) is 1.44. The molecular weight excluding hydrogens is 450 g/mol. The maximum atomic E-state index is 13.6. The van der Waals surface area contributed by atoms with E-state index in [0.717, 1.165) is 41.9 Å². The Bertz CT molecular complexity index is 993. The number of rotatable bonds is 5. The van der Waals surface area contributed by atoms with Gasteiger partial charge in [0.25, 0.3) is 6.43 Å². The Morgan fingerprint density at radius 3 is 2.30 bits per heavy atom. The summed E-state index contributed by atoms with van der Waals surface area (Å²) >= 11 is 3.47. The maximum Gasteiger partial charge on any atom is 0.264 e. The summed E-state index contributed by atoms with van der Waals surface area (Å²) in [5, 5.41) is 4.70. The molecule has 4 nitrogen and oxygen atoms in total. The van der Waals surface area contributed by atoms with Crippen molar-refractivity contribution in [3.05, 3.63) is 64.4 Å². The van der Waals surface area contributed by atoms with E-state index < -0.39 is 6.43 Å². The Balaban J connectivity index is 1.76. The molecule has 0 N–H and O–H groups in total. The third-order valence-corrected chi connectivity index (χ3v) is 6.29. The zero-order chi connectivity index (χ0) is 21.3. The Morgan fingerprint density at radius 2 is 1.67 bits per heavy atom. The quantitative estimate of drug-likeness (QED) is 0.439. The molecule has 1 aliphatic heterocycles. The van der Waals surface area contributed by atoms with E-state index in [1.54, 1.807) is 18.2 Å². The first-order valence-corrected chi connectivity index (χ1v) is 11.1. The molecule has 0 saturated carbocycles. The van der Waals surface area contributed by atoms with Gasteiger partial charge in [0, 0.05) is 27.6 Å². The van der Waals surface area contributed by atoms with Crippen molar-refractivity contribution in [3.8, 4) is 17.1 Å². The van der Waals surface area contributed by atoms with Crippen LogP contribution in [0.2, 0.25) is 0 Å². The third-order valence-electron chi connectivity index (χ3n) is 5.77. The molecule has 1 fully saturated rings. The van der Waals surface area contributed by atoms with Gasteiger partial charge in [-0.2, -0.15) is 0 Å². The first kappa shape index (κ1) is 21.1. The molecular formula is C23H25BrF2N4. The van der Waals surface area contributed by atoms with Crippen LogP contribution in [0.3, 0.4) is 0 Å². The van der Waals surface area contributed by atoms with E-state index in [9.17, 15) is 8.78 Å². The average molecular weight is 475 g/mol. The highest BCUT2D eigenvalue weighted by atomic mass is 79.9. The van der Waals surface area contributed by atoms with Gasteiger partial charge in [0.15, 0.2) is 5.82 Å². The number of likely N-dealkylation sites (tertiary alicyclic amines) is 1. The van der Waals surface area contributed by atoms with E-state index in [2.05, 4.69) is 34.7 Å². The van der Waals surface area contributed by atoms with Crippen molar-refractivity contribution >= 4 is 15.9 Å². The Hall–Kier alpha value is -2.12. The Morgan fingerprint density at radius 1 is 1.00 bits per heavy atom. The van der Waals surface area contributed by atoms with Crippen LogP contribution in [-0.4, -0.2) is 38.8 Å². The number of nitrogens with zero attached hydrogens (tertiary/aromatic N) is 4. The molecule has 0 amide bonds. The second kappa shape index (κ2) is 8.94. The normalized spacial score (nSPS) is 16.0. The minimum atomic E-state index is -2.57. The maximum absolute atomic E-state index is 13.6. The lowest BCUT2D eigenvalue weighted by Gasteiger charge is -2.34. The number of hydrogen-bond acceptors (Lipinski definition) is 3. The van der Waals surface area contributed by atoms with Crippen LogP contribution in [0, 0.1) is 0 Å². The number of benzene rings is 2. The molecule has 0 atom stereocenters. The molecule has 2 aromatic carbocycles. The summed E-state index contributed by atoms with van der Waals surface area (Å²) in [5.41, 5.74) is 1.24. The summed E-state index contributed by atoms with van der Waals surface area (Å²) in [6.45, 7) is 6.42. The number of piperidine rings is 1. The average Bonchev–Trinajstić information content (AvgIpc) is 3.19. The standard InChI is InChI=1S/C23H25BrF2N4/c1-15(2)29-13-11-16(12-14-29)23-27-22(20-6-4-3-5-19(20)21(25)26)28-30(23)18-9-7-17(24)8-10-18/h3-10,15-16,21H,11-14H2,1-2H3. The fourth-order valence-corrected chi connectivity index (χ4v) is 4.30. The predicted molar refractivity (Wildman–Crippen MR) is 118 cm³/mol. The highest BCUT2D eigenvalue weighted by Gasteiger charge is 2.28. The van der Waals surface area contributed by atoms with Crippen molar-refractivity contribution in [3.63, 3.8) is 0 Å². The van der Waals surface area contributed by atoms with Crippen molar-refractivity contribution in [2.24, 2.45) is 0 Å². The number of halogens is 3. The minimum absolute atomic E-state index is 0.0355. The van der Waals surface area contributed by atoms with Crippen molar-refractivity contribution in [1.29, 1.82) is 0 Å². The van der Waals surface area contributed by atoms with Crippen LogP contribution in [0.25, 0.3) is 17.1 Å². The van der Waals surface area contributed by atoms with Crippen molar-refractivity contribution < 1.29 is 8.78 Å². The molecule has 3 aromatic rings. The first-order valence-electron chi connectivity index (χ1n) is 10.3. The van der Waals surface area contributed by atoms with Gasteiger partial charge in [-0.1, -0.05) is 40.2 Å². The molecule has 0 bridgehead atoms. The van der Waals surface area contributed by atoms with Crippen molar-refractivity contribution in [2.75, 3.05) is 13.1 Å². The van der Waals surface area contributed by atoms with Gasteiger partial charge >= 0.3 is 0 Å². The molecule has 30 heavy (non-hydrogen) atoms. The summed E-state index contributed by atoms with van der Waals surface area (Å²) < 4.78 is 30.0. The largest absolute Gasteiger partial charge is 0.301 e. The molecule has 0 spiro atoms. The van der Waals surface area contributed by atoms with Crippen LogP contribution >= 0.6 is 15.9 Å². The fourth-order valence-electron chi connectivity index (χ4n) is 4.04. The lowest BCUT2D eigenvalue weighted by molar-refractivity contribution is 0.152. The molecule has 1 aromatic heterocycles. The van der Waals surface area contributed by atoms with Gasteiger partial charge in [-0.05, 0) is 64.0 Å². The van der Waals surface area contributed by atoms with Crippen LogP contribution in [0.4, 0.5) is 8.78 Å². The molecule has 2 heterocycles. The second-order valence-corrected chi connectivity index (χ2v) is 8.89. The van der Waals surface area contributed by atoms with E-state index in [1.807, 2.05) is 28.9 Å². The van der Waals surface area contributed by atoms with Gasteiger partial charge in [-0.25, -0.2) is 18.4 Å². The van der Waals surface area contributed by atoms with Crippen molar-refractivity contribution in [1.82, 2.24) is 19.7 Å². The zero-order valence-corrected chi connectivity index (χ0v) is 18.7. The number of aromatic nitrogens is 3. The van der Waals surface area contributed by atoms with Gasteiger partial charge in [-0.3, -0.25) is 0 Å². The molecule has 0 aliphatic carbocycles. The second-order valence-electron chi connectivity index (χ2n) is 7.97. The van der Waals surface area contributed by atoms with E-state index in [4.69, 9.17) is 10.1 Å². The van der Waals surface area contributed by atoms with Crippen LogP contribution < -0.4 is 0 Å². The van der Waals surface area contributed by atoms with Crippen molar-refractivity contribution in [2.45, 2.75) is 45.1 Å². The summed E-state index contributed by atoms with van der Waals surface area (Å²) in [4.78, 5) is 7.27. The molecule has 7 heteroatoms. The summed E-state index contributed by atoms with van der Waals surface area (Å²) in [6, 6.07) is 14.9. The monoisotopic (exact) mass is 474 g/mol. The summed E-state index contributed by atoms with van der Waals surface area (Å²) in [7, 11) is 0. The lowest BCUT2D eigenvalue weighted by atomic mass is 9.95.